The van der Waals surface area contributed by atoms with E-state index in [1.165, 1.54) is 37.5 Å². The SMILES string of the molecule is COc1c(Cl)cc(C(=O)Nc2nc(-c3ccc(CNC(C)=O)cc3)cs2)cc1Cl. The van der Waals surface area contributed by atoms with Crippen molar-refractivity contribution in [2.45, 2.75) is 13.5 Å². The van der Waals surface area contributed by atoms with Crippen LogP contribution in [0.1, 0.15) is 22.8 Å². The van der Waals surface area contributed by atoms with Crippen LogP contribution in [0.5, 0.6) is 5.75 Å². The van der Waals surface area contributed by atoms with Gasteiger partial charge in [0.2, 0.25) is 5.91 Å². The van der Waals surface area contributed by atoms with Crippen molar-refractivity contribution < 1.29 is 14.3 Å². The van der Waals surface area contributed by atoms with E-state index >= 15 is 0 Å². The molecule has 0 aliphatic rings. The lowest BCUT2D eigenvalue weighted by molar-refractivity contribution is -0.119. The zero-order valence-corrected chi connectivity index (χ0v) is 17.9. The van der Waals surface area contributed by atoms with Crippen LogP contribution in [0, 0.1) is 0 Å². The number of benzene rings is 2. The fraction of sp³-hybridized carbons (Fsp3) is 0.150. The van der Waals surface area contributed by atoms with Gasteiger partial charge >= 0.3 is 0 Å². The molecule has 0 saturated carbocycles. The van der Waals surface area contributed by atoms with Crippen molar-refractivity contribution >= 4 is 51.5 Å². The number of aromatic nitrogens is 1. The Morgan fingerprint density at radius 3 is 2.38 bits per heavy atom. The van der Waals surface area contributed by atoms with Crippen LogP contribution in [0.15, 0.2) is 41.8 Å². The number of amides is 2. The maximum Gasteiger partial charge on any atom is 0.257 e. The second kappa shape index (κ2) is 9.26. The normalized spacial score (nSPS) is 10.5. The largest absolute Gasteiger partial charge is 0.494 e. The second-order valence-corrected chi connectivity index (χ2v) is 7.74. The van der Waals surface area contributed by atoms with Gasteiger partial charge < -0.3 is 10.1 Å². The molecular formula is C20H17Cl2N3O3S. The first-order chi connectivity index (χ1) is 13.9. The average molecular weight is 450 g/mol. The molecule has 0 spiro atoms. The van der Waals surface area contributed by atoms with E-state index in [-0.39, 0.29) is 21.9 Å². The van der Waals surface area contributed by atoms with Crippen molar-refractivity contribution in [3.63, 3.8) is 0 Å². The molecule has 0 aliphatic carbocycles. The van der Waals surface area contributed by atoms with Crippen LogP contribution >= 0.6 is 34.5 Å². The van der Waals surface area contributed by atoms with E-state index in [1.807, 2.05) is 29.6 Å². The highest BCUT2D eigenvalue weighted by Gasteiger charge is 2.15. The Labute approximate surface area is 181 Å². The number of nitrogens with one attached hydrogen (secondary N) is 2. The summed E-state index contributed by atoms with van der Waals surface area (Å²) in [6, 6.07) is 10.7. The molecule has 1 heterocycles. The molecule has 2 aromatic carbocycles. The molecule has 3 rings (SSSR count). The lowest BCUT2D eigenvalue weighted by Crippen LogP contribution is -2.18. The monoisotopic (exact) mass is 449 g/mol. The third kappa shape index (κ3) is 5.26. The Bertz CT molecular complexity index is 1030. The van der Waals surface area contributed by atoms with E-state index < -0.39 is 0 Å². The molecule has 0 radical (unpaired) electrons. The Hall–Kier alpha value is -2.61. The Balaban J connectivity index is 1.70. The molecule has 150 valence electrons. The summed E-state index contributed by atoms with van der Waals surface area (Å²) < 4.78 is 5.09. The van der Waals surface area contributed by atoms with Crippen molar-refractivity contribution in [3.8, 4) is 17.0 Å². The van der Waals surface area contributed by atoms with Crippen molar-refractivity contribution in [1.82, 2.24) is 10.3 Å². The minimum Gasteiger partial charge on any atom is -0.494 e. The van der Waals surface area contributed by atoms with Gasteiger partial charge in [0.15, 0.2) is 10.9 Å². The third-order valence-corrected chi connectivity index (χ3v) is 5.30. The van der Waals surface area contributed by atoms with Crippen LogP contribution in [-0.2, 0) is 11.3 Å². The number of halogens is 2. The summed E-state index contributed by atoms with van der Waals surface area (Å²) in [5.41, 5.74) is 2.94. The van der Waals surface area contributed by atoms with Gasteiger partial charge in [0.05, 0.1) is 22.8 Å². The van der Waals surface area contributed by atoms with E-state index in [0.717, 1.165) is 16.8 Å². The van der Waals surface area contributed by atoms with Crippen molar-refractivity contribution in [1.29, 1.82) is 0 Å². The number of anilines is 1. The first kappa shape index (κ1) is 21.1. The van der Waals surface area contributed by atoms with Gasteiger partial charge in [-0.15, -0.1) is 11.3 Å². The zero-order valence-electron chi connectivity index (χ0n) is 15.6. The molecule has 0 atom stereocenters. The van der Waals surface area contributed by atoms with Gasteiger partial charge in [-0.3, -0.25) is 14.9 Å². The summed E-state index contributed by atoms with van der Waals surface area (Å²) in [5, 5.41) is 8.31. The first-order valence-electron chi connectivity index (χ1n) is 8.51. The van der Waals surface area contributed by atoms with Crippen LogP contribution in [0.4, 0.5) is 5.13 Å². The number of hydrogen-bond acceptors (Lipinski definition) is 5. The number of rotatable bonds is 6. The predicted octanol–water partition coefficient (Wildman–Crippen LogP) is 5.01. The van der Waals surface area contributed by atoms with Crippen molar-refractivity contribution in [2.75, 3.05) is 12.4 Å². The molecule has 3 aromatic rings. The Kier molecular flexibility index (Phi) is 6.74. The van der Waals surface area contributed by atoms with Gasteiger partial charge in [-0.05, 0) is 17.7 Å². The fourth-order valence-corrected chi connectivity index (χ4v) is 3.89. The number of ether oxygens (including phenoxy) is 1. The highest BCUT2D eigenvalue weighted by Crippen LogP contribution is 2.34. The van der Waals surface area contributed by atoms with Crippen LogP contribution < -0.4 is 15.4 Å². The molecule has 29 heavy (non-hydrogen) atoms. The smallest absolute Gasteiger partial charge is 0.257 e. The molecule has 0 bridgehead atoms. The Morgan fingerprint density at radius 2 is 1.79 bits per heavy atom. The number of carbonyl (C=O) groups excluding carboxylic acids is 2. The summed E-state index contributed by atoms with van der Waals surface area (Å²) in [5.74, 6) is -0.125. The summed E-state index contributed by atoms with van der Waals surface area (Å²) in [7, 11) is 1.45. The van der Waals surface area contributed by atoms with Gasteiger partial charge in [-0.25, -0.2) is 4.98 Å². The van der Waals surface area contributed by atoms with Gasteiger partial charge in [0.25, 0.3) is 5.91 Å². The maximum absolute atomic E-state index is 12.5. The summed E-state index contributed by atoms with van der Waals surface area (Å²) >= 11 is 13.5. The highest BCUT2D eigenvalue weighted by molar-refractivity contribution is 7.14. The van der Waals surface area contributed by atoms with E-state index in [2.05, 4.69) is 15.6 Å². The summed E-state index contributed by atoms with van der Waals surface area (Å²) in [6.07, 6.45) is 0. The molecule has 2 N–H and O–H groups in total. The minimum absolute atomic E-state index is 0.0756. The molecule has 2 amide bonds. The van der Waals surface area contributed by atoms with Gasteiger partial charge in [-0.2, -0.15) is 0 Å². The third-order valence-electron chi connectivity index (χ3n) is 3.98. The maximum atomic E-state index is 12.5. The number of thiazole rings is 1. The van der Waals surface area contributed by atoms with Crippen LogP contribution in [-0.4, -0.2) is 23.9 Å². The van der Waals surface area contributed by atoms with E-state index in [9.17, 15) is 9.59 Å². The van der Waals surface area contributed by atoms with E-state index in [0.29, 0.717) is 23.0 Å². The molecule has 0 aliphatic heterocycles. The van der Waals surface area contributed by atoms with E-state index in [4.69, 9.17) is 27.9 Å². The van der Waals surface area contributed by atoms with Crippen LogP contribution in [0.25, 0.3) is 11.3 Å². The second-order valence-electron chi connectivity index (χ2n) is 6.07. The number of methoxy groups -OCH3 is 1. The number of nitrogens with zero attached hydrogens (tertiary/aromatic N) is 1. The standard InChI is InChI=1S/C20H17Cl2N3O3S/c1-11(26)23-9-12-3-5-13(6-4-12)17-10-29-20(24-17)25-19(27)14-7-15(21)18(28-2)16(22)8-14/h3-8,10H,9H2,1-2H3,(H,23,26)(H,24,25,27). The molecular weight excluding hydrogens is 433 g/mol. The summed E-state index contributed by atoms with van der Waals surface area (Å²) in [4.78, 5) is 27.9. The van der Waals surface area contributed by atoms with Gasteiger partial charge in [0, 0.05) is 30.0 Å². The van der Waals surface area contributed by atoms with Crippen molar-refractivity contribution in [3.05, 3.63) is 63.0 Å². The topological polar surface area (TPSA) is 80.3 Å². The predicted molar refractivity (Wildman–Crippen MR) is 116 cm³/mol. The van der Waals surface area contributed by atoms with Crippen LogP contribution in [0.3, 0.4) is 0 Å². The number of hydrogen-bond donors (Lipinski definition) is 2. The summed E-state index contributed by atoms with van der Waals surface area (Å²) in [6.45, 7) is 1.95. The molecule has 0 fully saturated rings. The molecule has 0 unspecified atom stereocenters. The first-order valence-corrected chi connectivity index (χ1v) is 10.1. The molecule has 1 aromatic heterocycles. The van der Waals surface area contributed by atoms with Crippen LogP contribution in [0.2, 0.25) is 10.0 Å². The highest BCUT2D eigenvalue weighted by atomic mass is 35.5. The quantitative estimate of drug-likeness (QED) is 0.553. The number of carbonyl (C=O) groups is 2. The Morgan fingerprint density at radius 1 is 1.14 bits per heavy atom. The minimum atomic E-state index is -0.372. The van der Waals surface area contributed by atoms with Gasteiger partial charge in [-0.1, -0.05) is 47.5 Å². The average Bonchev–Trinajstić information content (AvgIpc) is 3.15. The van der Waals surface area contributed by atoms with E-state index in [1.54, 1.807) is 0 Å². The molecule has 6 nitrogen and oxygen atoms in total. The fourth-order valence-electron chi connectivity index (χ4n) is 2.54. The zero-order chi connectivity index (χ0) is 21.0. The lowest BCUT2D eigenvalue weighted by Gasteiger charge is -2.08. The molecule has 9 heteroatoms. The van der Waals surface area contributed by atoms with Crippen molar-refractivity contribution in [2.24, 2.45) is 0 Å². The van der Waals surface area contributed by atoms with Gasteiger partial charge in [0.1, 0.15) is 0 Å². The molecule has 0 saturated heterocycles. The lowest BCUT2D eigenvalue weighted by atomic mass is 10.1.